The number of ketones is 1. The molecule has 2 N–H and O–H groups in total. The van der Waals surface area contributed by atoms with E-state index in [0.717, 1.165) is 0 Å². The second-order valence-electron chi connectivity index (χ2n) is 5.14. The van der Waals surface area contributed by atoms with Gasteiger partial charge in [0.05, 0.1) is 0 Å². The van der Waals surface area contributed by atoms with Gasteiger partial charge in [-0.1, -0.05) is 20.8 Å². The predicted molar refractivity (Wildman–Crippen MR) is 53.0 cm³/mol. The average Bonchev–Trinajstić information content (AvgIpc) is 2.12. The number of hydrogen-bond acceptors (Lipinski definition) is 5. The van der Waals surface area contributed by atoms with Crippen molar-refractivity contribution in [3.63, 3.8) is 0 Å². The lowest BCUT2D eigenvalue weighted by Crippen LogP contribution is -2.46. The molecule has 88 valence electrons. The van der Waals surface area contributed by atoms with Gasteiger partial charge in [0.15, 0.2) is 5.78 Å². The summed E-state index contributed by atoms with van der Waals surface area (Å²) in [5, 5.41) is 17.9. The molecule has 5 nitrogen and oxygen atoms in total. The van der Waals surface area contributed by atoms with Crippen LogP contribution in [0.4, 0.5) is 0 Å². The van der Waals surface area contributed by atoms with E-state index in [2.05, 4.69) is 4.89 Å². The molecule has 0 bridgehead atoms. The third-order valence-corrected chi connectivity index (χ3v) is 2.28. The number of hydrogen-bond donors (Lipinski definition) is 2. The maximum atomic E-state index is 11.7. The van der Waals surface area contributed by atoms with Crippen molar-refractivity contribution < 1.29 is 24.8 Å². The van der Waals surface area contributed by atoms with Crippen molar-refractivity contribution >= 4 is 11.8 Å². The zero-order valence-electron chi connectivity index (χ0n) is 9.70. The molecule has 0 aliphatic rings. The number of Topliss-reactive ketones (excluding diaryl/α,β-unsaturated/α-hetero) is 1. The summed E-state index contributed by atoms with van der Waals surface area (Å²) in [5.74, 6) is -1.75. The Morgan fingerprint density at radius 3 is 1.80 bits per heavy atom. The van der Waals surface area contributed by atoms with Gasteiger partial charge in [0.2, 0.25) is 0 Å². The molecule has 0 aliphatic carbocycles. The fourth-order valence-corrected chi connectivity index (χ4v) is 0.950. The highest BCUT2D eigenvalue weighted by atomic mass is 17.1. The van der Waals surface area contributed by atoms with E-state index in [1.54, 1.807) is 20.8 Å². The molecule has 0 heterocycles. The van der Waals surface area contributed by atoms with Gasteiger partial charge < -0.3 is 5.11 Å². The highest BCUT2D eigenvalue weighted by Gasteiger charge is 2.44. The normalized spacial score (nSPS) is 14.6. The maximum absolute atomic E-state index is 11.7. The average molecular weight is 218 g/mol. The van der Waals surface area contributed by atoms with Crippen LogP contribution in [-0.4, -0.2) is 28.2 Å². The van der Waals surface area contributed by atoms with E-state index in [9.17, 15) is 14.7 Å². The molecule has 0 aliphatic heterocycles. The van der Waals surface area contributed by atoms with Crippen LogP contribution in [0.1, 0.15) is 34.6 Å². The van der Waals surface area contributed by atoms with Crippen LogP contribution in [-0.2, 0) is 14.5 Å². The third kappa shape index (κ3) is 3.00. The second-order valence-corrected chi connectivity index (χ2v) is 5.14. The number of rotatable bonds is 3. The van der Waals surface area contributed by atoms with Gasteiger partial charge in [-0.15, -0.1) is 0 Å². The standard InChI is InChI=1S/C10H18O5/c1-9(2,3)6(11)7(12)10(4,5)8(13)15-14/h6,11,14H,1-5H3. The maximum Gasteiger partial charge on any atom is 0.355 e. The summed E-state index contributed by atoms with van der Waals surface area (Å²) in [6.45, 7) is 7.62. The van der Waals surface area contributed by atoms with Crippen LogP contribution in [0.15, 0.2) is 0 Å². The van der Waals surface area contributed by atoms with Gasteiger partial charge in [0, 0.05) is 0 Å². The zero-order chi connectivity index (χ0) is 12.4. The highest BCUT2D eigenvalue weighted by molar-refractivity contribution is 6.05. The molecule has 0 aromatic heterocycles. The van der Waals surface area contributed by atoms with Gasteiger partial charge in [-0.25, -0.2) is 4.79 Å². The molecular formula is C10H18O5. The largest absolute Gasteiger partial charge is 0.385 e. The SMILES string of the molecule is CC(C)(C(=O)OO)C(=O)C(O)C(C)(C)C. The molecule has 0 spiro atoms. The molecule has 0 radical (unpaired) electrons. The predicted octanol–water partition coefficient (Wildman–Crippen LogP) is 1.00. The molecule has 0 saturated carbocycles. The topological polar surface area (TPSA) is 83.8 Å². The smallest absolute Gasteiger partial charge is 0.355 e. The first-order valence-electron chi connectivity index (χ1n) is 4.63. The highest BCUT2D eigenvalue weighted by Crippen LogP contribution is 2.28. The fourth-order valence-electron chi connectivity index (χ4n) is 0.950. The Balaban J connectivity index is 4.94. The van der Waals surface area contributed by atoms with Crippen molar-refractivity contribution in [3.8, 4) is 0 Å². The van der Waals surface area contributed by atoms with Crippen LogP contribution >= 0.6 is 0 Å². The van der Waals surface area contributed by atoms with Gasteiger partial charge >= 0.3 is 5.97 Å². The molecule has 0 saturated heterocycles. The van der Waals surface area contributed by atoms with Crippen LogP contribution in [0.2, 0.25) is 0 Å². The van der Waals surface area contributed by atoms with Crippen molar-refractivity contribution in [2.24, 2.45) is 10.8 Å². The summed E-state index contributed by atoms with van der Waals surface area (Å²) < 4.78 is 0. The Morgan fingerprint density at radius 2 is 1.53 bits per heavy atom. The Hall–Kier alpha value is -0.940. The second kappa shape index (κ2) is 4.28. The van der Waals surface area contributed by atoms with Crippen LogP contribution in [0.3, 0.4) is 0 Å². The quantitative estimate of drug-likeness (QED) is 0.419. The van der Waals surface area contributed by atoms with Crippen molar-refractivity contribution in [3.05, 3.63) is 0 Å². The molecule has 5 heteroatoms. The van der Waals surface area contributed by atoms with Gasteiger partial charge in [0.25, 0.3) is 0 Å². The Labute approximate surface area is 89.0 Å². The van der Waals surface area contributed by atoms with Crippen LogP contribution in [0.25, 0.3) is 0 Å². The summed E-state index contributed by atoms with van der Waals surface area (Å²) in [7, 11) is 0. The van der Waals surface area contributed by atoms with E-state index < -0.39 is 28.7 Å². The summed E-state index contributed by atoms with van der Waals surface area (Å²) in [4.78, 5) is 26.4. The van der Waals surface area contributed by atoms with Crippen LogP contribution in [0, 0.1) is 10.8 Å². The number of aliphatic hydroxyl groups excluding tert-OH is 1. The summed E-state index contributed by atoms with van der Waals surface area (Å²) in [6.07, 6.45) is -1.29. The minimum atomic E-state index is -1.55. The first kappa shape index (κ1) is 14.1. The van der Waals surface area contributed by atoms with Crippen molar-refractivity contribution in [1.29, 1.82) is 0 Å². The molecule has 1 atom stereocenters. The van der Waals surface area contributed by atoms with E-state index in [1.807, 2.05) is 0 Å². The molecule has 0 fully saturated rings. The molecule has 0 aromatic rings. The minimum Gasteiger partial charge on any atom is -0.385 e. The number of carbonyl (C=O) groups is 2. The minimum absolute atomic E-state index is 0.663. The van der Waals surface area contributed by atoms with E-state index in [0.29, 0.717) is 0 Å². The van der Waals surface area contributed by atoms with E-state index in [1.165, 1.54) is 13.8 Å². The number of carbonyl (C=O) groups excluding carboxylic acids is 2. The Bertz CT molecular complexity index is 261. The van der Waals surface area contributed by atoms with Crippen molar-refractivity contribution in [1.82, 2.24) is 0 Å². The molecule has 0 rings (SSSR count). The molecule has 1 unspecified atom stereocenters. The fraction of sp³-hybridized carbons (Fsp3) is 0.800. The summed E-state index contributed by atoms with van der Waals surface area (Å²) in [6, 6.07) is 0. The zero-order valence-corrected chi connectivity index (χ0v) is 9.70. The summed E-state index contributed by atoms with van der Waals surface area (Å²) in [5.41, 5.74) is -2.22. The number of aliphatic hydroxyl groups is 1. The van der Waals surface area contributed by atoms with E-state index >= 15 is 0 Å². The van der Waals surface area contributed by atoms with E-state index in [4.69, 9.17) is 5.26 Å². The monoisotopic (exact) mass is 218 g/mol. The van der Waals surface area contributed by atoms with Gasteiger partial charge in [-0.3, -0.25) is 9.68 Å². The first-order valence-corrected chi connectivity index (χ1v) is 4.63. The van der Waals surface area contributed by atoms with Crippen molar-refractivity contribution in [2.45, 2.75) is 40.7 Å². The van der Waals surface area contributed by atoms with Crippen LogP contribution < -0.4 is 0 Å². The molecular weight excluding hydrogens is 200 g/mol. The molecule has 0 amide bonds. The Kier molecular flexibility index (Phi) is 4.01. The van der Waals surface area contributed by atoms with Gasteiger partial charge in [-0.2, -0.15) is 5.26 Å². The third-order valence-electron chi connectivity index (χ3n) is 2.28. The molecule has 15 heavy (non-hydrogen) atoms. The lowest BCUT2D eigenvalue weighted by atomic mass is 9.76. The Morgan fingerprint density at radius 1 is 1.13 bits per heavy atom. The van der Waals surface area contributed by atoms with Gasteiger partial charge in [0.1, 0.15) is 11.5 Å². The van der Waals surface area contributed by atoms with Crippen LogP contribution in [0.5, 0.6) is 0 Å². The molecule has 0 aromatic carbocycles. The first-order chi connectivity index (χ1) is 6.55. The van der Waals surface area contributed by atoms with E-state index in [-0.39, 0.29) is 0 Å². The van der Waals surface area contributed by atoms with Gasteiger partial charge in [-0.05, 0) is 19.3 Å². The lowest BCUT2D eigenvalue weighted by Gasteiger charge is -2.30. The van der Waals surface area contributed by atoms with Crippen molar-refractivity contribution in [2.75, 3.05) is 0 Å². The summed E-state index contributed by atoms with van der Waals surface area (Å²) >= 11 is 0. The lowest BCUT2D eigenvalue weighted by molar-refractivity contribution is -0.243.